The molecule has 0 N–H and O–H groups in total. The Morgan fingerprint density at radius 3 is 2.44 bits per heavy atom. The number of carbonyl (C=O) groups is 1. The number of nitrogens with zero attached hydrogens (tertiary/aromatic N) is 2. The Balaban J connectivity index is 2.70. The molecule has 25 heavy (non-hydrogen) atoms. The third-order valence-corrected chi connectivity index (χ3v) is 5.24. The highest BCUT2D eigenvalue weighted by Gasteiger charge is 2.27. The molecule has 0 spiro atoms. The van der Waals surface area contributed by atoms with Crippen molar-refractivity contribution in [1.82, 2.24) is 9.78 Å². The summed E-state index contributed by atoms with van der Waals surface area (Å²) < 4.78 is 36.5. The van der Waals surface area contributed by atoms with E-state index in [1.165, 1.54) is 24.1 Å². The smallest absolute Gasteiger partial charge is 0.223 e. The van der Waals surface area contributed by atoms with Gasteiger partial charge in [0.25, 0.3) is 0 Å². The van der Waals surface area contributed by atoms with E-state index in [1.54, 1.807) is 20.9 Å². The van der Waals surface area contributed by atoms with E-state index >= 15 is 0 Å². The van der Waals surface area contributed by atoms with Gasteiger partial charge in [0.15, 0.2) is 9.84 Å². The fourth-order valence-corrected chi connectivity index (χ4v) is 4.28. The van der Waals surface area contributed by atoms with E-state index in [2.05, 4.69) is 5.10 Å². The number of hydrogen-bond acceptors (Lipinski definition) is 6. The van der Waals surface area contributed by atoms with Crippen LogP contribution in [-0.2, 0) is 16.9 Å². The van der Waals surface area contributed by atoms with Crippen molar-refractivity contribution in [1.29, 1.82) is 0 Å². The molecule has 0 aliphatic carbocycles. The molecule has 1 aromatic carbocycles. The first kappa shape index (κ1) is 19.0. The molecule has 0 atom stereocenters. The summed E-state index contributed by atoms with van der Waals surface area (Å²) in [5.41, 5.74) is 1.48. The Bertz CT molecular complexity index is 929. The summed E-state index contributed by atoms with van der Waals surface area (Å²) in [6.45, 7) is 5.50. The van der Waals surface area contributed by atoms with Gasteiger partial charge in [-0.15, -0.1) is 0 Å². The fraction of sp³-hybridized carbons (Fsp3) is 0.412. The number of benzene rings is 1. The van der Waals surface area contributed by atoms with E-state index in [-0.39, 0.29) is 22.0 Å². The highest BCUT2D eigenvalue weighted by atomic mass is 32.2. The van der Waals surface area contributed by atoms with Crippen molar-refractivity contribution in [2.24, 2.45) is 7.05 Å². The van der Waals surface area contributed by atoms with Crippen LogP contribution in [0.1, 0.15) is 34.0 Å². The number of ether oxygens (including phenoxy) is 2. The predicted molar refractivity (Wildman–Crippen MR) is 93.4 cm³/mol. The first-order valence-electron chi connectivity index (χ1n) is 7.71. The average Bonchev–Trinajstić information content (AvgIpc) is 2.86. The monoisotopic (exact) mass is 366 g/mol. The van der Waals surface area contributed by atoms with Gasteiger partial charge in [-0.1, -0.05) is 0 Å². The van der Waals surface area contributed by atoms with E-state index in [9.17, 15) is 13.2 Å². The van der Waals surface area contributed by atoms with Crippen molar-refractivity contribution in [2.45, 2.75) is 25.7 Å². The summed E-state index contributed by atoms with van der Waals surface area (Å²) in [7, 11) is -0.356. The van der Waals surface area contributed by atoms with Crippen molar-refractivity contribution in [3.63, 3.8) is 0 Å². The zero-order chi connectivity index (χ0) is 18.9. The average molecular weight is 366 g/mol. The van der Waals surface area contributed by atoms with Gasteiger partial charge in [0.2, 0.25) is 11.7 Å². The molecule has 0 aliphatic heterocycles. The van der Waals surface area contributed by atoms with Gasteiger partial charge in [-0.2, -0.15) is 5.10 Å². The molecule has 0 amide bonds. The maximum absolute atomic E-state index is 13.0. The maximum atomic E-state index is 13.0. The standard InChI is InChI=1S/C17H22N2O5S/c1-7-24-17-13(9-18-19(17)4)14(20)12-8-10(2)16(25(6,21)22)11(3)15(12)23-5/h8-9H,7H2,1-6H3. The van der Waals surface area contributed by atoms with Crippen LogP contribution < -0.4 is 9.47 Å². The number of hydrogen-bond donors (Lipinski definition) is 0. The van der Waals surface area contributed by atoms with Gasteiger partial charge >= 0.3 is 0 Å². The molecule has 0 saturated heterocycles. The molecular weight excluding hydrogens is 344 g/mol. The molecule has 0 aliphatic rings. The number of methoxy groups -OCH3 is 1. The van der Waals surface area contributed by atoms with Crippen LogP contribution in [-0.4, -0.2) is 44.0 Å². The molecule has 8 heteroatoms. The van der Waals surface area contributed by atoms with Crippen LogP contribution in [0.5, 0.6) is 11.6 Å². The third-order valence-electron chi connectivity index (χ3n) is 3.87. The molecule has 2 rings (SSSR count). The summed E-state index contributed by atoms with van der Waals surface area (Å²) in [5.74, 6) is 0.263. The minimum atomic E-state index is -3.45. The van der Waals surface area contributed by atoms with Crippen LogP contribution in [0.2, 0.25) is 0 Å². The fourth-order valence-electron chi connectivity index (χ4n) is 2.99. The number of aryl methyl sites for hydroxylation is 2. The molecule has 2 aromatic rings. The second-order valence-electron chi connectivity index (χ2n) is 5.75. The molecule has 7 nitrogen and oxygen atoms in total. The molecule has 0 unspecified atom stereocenters. The van der Waals surface area contributed by atoms with Crippen LogP contribution in [0.3, 0.4) is 0 Å². The normalized spacial score (nSPS) is 11.4. The van der Waals surface area contributed by atoms with Crippen molar-refractivity contribution in [3.8, 4) is 11.6 Å². The Labute approximate surface area is 147 Å². The summed E-state index contributed by atoms with van der Waals surface area (Å²) in [6, 6.07) is 1.53. The van der Waals surface area contributed by atoms with Gasteiger partial charge in [0.05, 0.1) is 30.4 Å². The van der Waals surface area contributed by atoms with E-state index in [4.69, 9.17) is 9.47 Å². The molecule has 0 saturated carbocycles. The largest absolute Gasteiger partial charge is 0.496 e. The zero-order valence-electron chi connectivity index (χ0n) is 15.2. The maximum Gasteiger partial charge on any atom is 0.223 e. The molecule has 136 valence electrons. The van der Waals surface area contributed by atoms with Crippen molar-refractivity contribution in [2.75, 3.05) is 20.0 Å². The second kappa shape index (κ2) is 6.87. The topological polar surface area (TPSA) is 87.5 Å². The van der Waals surface area contributed by atoms with Crippen molar-refractivity contribution >= 4 is 15.6 Å². The van der Waals surface area contributed by atoms with E-state index < -0.39 is 9.84 Å². The van der Waals surface area contributed by atoms with Crippen LogP contribution in [0.25, 0.3) is 0 Å². The van der Waals surface area contributed by atoms with Gasteiger partial charge in [-0.3, -0.25) is 4.79 Å². The Morgan fingerprint density at radius 2 is 1.92 bits per heavy atom. The SMILES string of the molecule is CCOc1c(C(=O)c2cc(C)c(S(C)(=O)=O)c(C)c2OC)cnn1C. The molecule has 1 aromatic heterocycles. The number of sulfone groups is 1. The first-order valence-corrected chi connectivity index (χ1v) is 9.60. The quantitative estimate of drug-likeness (QED) is 0.728. The predicted octanol–water partition coefficient (Wildman–Crippen LogP) is 2.08. The van der Waals surface area contributed by atoms with E-state index in [1.807, 2.05) is 6.92 Å². The molecular formula is C17H22N2O5S. The third kappa shape index (κ3) is 3.39. The van der Waals surface area contributed by atoms with Gasteiger partial charge < -0.3 is 9.47 Å². The van der Waals surface area contributed by atoms with Crippen molar-refractivity contribution < 1.29 is 22.7 Å². The van der Waals surface area contributed by atoms with Gasteiger partial charge in [0.1, 0.15) is 11.3 Å². The number of aromatic nitrogens is 2. The minimum absolute atomic E-state index is 0.178. The van der Waals surface area contributed by atoms with Gasteiger partial charge in [0, 0.05) is 18.9 Å². The molecule has 0 bridgehead atoms. The Kier molecular flexibility index (Phi) is 5.22. The lowest BCUT2D eigenvalue weighted by atomic mass is 9.99. The number of ketones is 1. The summed E-state index contributed by atoms with van der Waals surface area (Å²) >= 11 is 0. The van der Waals surface area contributed by atoms with Gasteiger partial charge in [-0.05, 0) is 32.4 Å². The molecule has 0 radical (unpaired) electrons. The lowest BCUT2D eigenvalue weighted by Crippen LogP contribution is -2.12. The summed E-state index contributed by atoms with van der Waals surface area (Å²) in [5, 5.41) is 4.07. The number of carbonyl (C=O) groups excluding carboxylic acids is 1. The number of rotatable bonds is 6. The zero-order valence-corrected chi connectivity index (χ0v) is 16.0. The lowest BCUT2D eigenvalue weighted by Gasteiger charge is -2.16. The summed E-state index contributed by atoms with van der Waals surface area (Å²) in [4.78, 5) is 13.2. The lowest BCUT2D eigenvalue weighted by molar-refractivity contribution is 0.103. The molecule has 0 fully saturated rings. The summed E-state index contributed by atoms with van der Waals surface area (Å²) in [6.07, 6.45) is 2.57. The van der Waals surface area contributed by atoms with E-state index in [0.717, 1.165) is 6.26 Å². The van der Waals surface area contributed by atoms with Crippen LogP contribution in [0.4, 0.5) is 0 Å². The van der Waals surface area contributed by atoms with E-state index in [0.29, 0.717) is 29.2 Å². The Morgan fingerprint density at radius 1 is 1.28 bits per heavy atom. The first-order chi connectivity index (χ1) is 11.6. The Hall–Kier alpha value is -2.35. The van der Waals surface area contributed by atoms with Gasteiger partial charge in [-0.25, -0.2) is 13.1 Å². The van der Waals surface area contributed by atoms with Crippen LogP contribution >= 0.6 is 0 Å². The highest BCUT2D eigenvalue weighted by Crippen LogP contribution is 2.34. The van der Waals surface area contributed by atoms with Crippen molar-refractivity contribution in [3.05, 3.63) is 34.5 Å². The minimum Gasteiger partial charge on any atom is -0.496 e. The van der Waals surface area contributed by atoms with Crippen LogP contribution in [0.15, 0.2) is 17.2 Å². The second-order valence-corrected chi connectivity index (χ2v) is 7.70. The van der Waals surface area contributed by atoms with Crippen LogP contribution in [0, 0.1) is 13.8 Å². The molecule has 1 heterocycles. The highest BCUT2D eigenvalue weighted by molar-refractivity contribution is 7.90.